The Kier molecular flexibility index (Phi) is 5.13. The average molecular weight is 292 g/mol. The van der Waals surface area contributed by atoms with E-state index in [1.54, 1.807) is 7.11 Å². The van der Waals surface area contributed by atoms with E-state index in [0.29, 0.717) is 11.6 Å². The van der Waals surface area contributed by atoms with Crippen molar-refractivity contribution in [2.45, 2.75) is 13.0 Å². The van der Waals surface area contributed by atoms with Crippen molar-refractivity contribution in [2.24, 2.45) is 0 Å². The number of halogens is 1. The van der Waals surface area contributed by atoms with Crippen molar-refractivity contribution in [2.75, 3.05) is 19.0 Å². The highest BCUT2D eigenvalue weighted by atomic mass is 35.5. The molecule has 0 spiro atoms. The number of hydrogen-bond donors (Lipinski definition) is 1. The van der Waals surface area contributed by atoms with Gasteiger partial charge in [-0.05, 0) is 31.2 Å². The van der Waals surface area contributed by atoms with E-state index >= 15 is 0 Å². The first-order valence-electron chi connectivity index (χ1n) is 6.49. The predicted octanol–water partition coefficient (Wildman–Crippen LogP) is 4.23. The number of nitrogens with one attached hydrogen (secondary N) is 1. The lowest BCUT2D eigenvalue weighted by Crippen LogP contribution is -2.23. The largest absolute Gasteiger partial charge is 0.493 e. The van der Waals surface area contributed by atoms with E-state index in [1.807, 2.05) is 55.5 Å². The van der Waals surface area contributed by atoms with Crippen LogP contribution >= 0.6 is 11.6 Å². The van der Waals surface area contributed by atoms with Crippen LogP contribution in [0, 0.1) is 0 Å². The number of rotatable bonds is 6. The molecule has 0 saturated carbocycles. The van der Waals surface area contributed by atoms with Crippen LogP contribution in [0.15, 0.2) is 48.5 Å². The summed E-state index contributed by atoms with van der Waals surface area (Å²) in [5.41, 5.74) is 0.907. The summed E-state index contributed by atoms with van der Waals surface area (Å²) in [7, 11) is 1.63. The maximum atomic E-state index is 6.09. The summed E-state index contributed by atoms with van der Waals surface area (Å²) in [6.45, 7) is 2.65. The average Bonchev–Trinajstić information content (AvgIpc) is 2.47. The second-order valence-corrected chi connectivity index (χ2v) is 4.85. The first-order chi connectivity index (χ1) is 9.70. The molecule has 2 aromatic carbocycles. The molecule has 2 rings (SSSR count). The van der Waals surface area contributed by atoms with Gasteiger partial charge in [0.05, 0.1) is 24.4 Å². The molecular formula is C16H18ClNO2. The highest BCUT2D eigenvalue weighted by Crippen LogP contribution is 2.27. The van der Waals surface area contributed by atoms with Crippen molar-refractivity contribution < 1.29 is 9.47 Å². The van der Waals surface area contributed by atoms with Crippen LogP contribution < -0.4 is 14.8 Å². The Morgan fingerprint density at radius 1 is 1.05 bits per heavy atom. The van der Waals surface area contributed by atoms with Gasteiger partial charge < -0.3 is 14.8 Å². The molecule has 0 aliphatic carbocycles. The number of methoxy groups -OCH3 is 1. The highest BCUT2D eigenvalue weighted by Gasteiger charge is 2.09. The summed E-state index contributed by atoms with van der Waals surface area (Å²) in [5.74, 6) is 1.47. The topological polar surface area (TPSA) is 30.5 Å². The molecule has 0 heterocycles. The van der Waals surface area contributed by atoms with Gasteiger partial charge in [0.15, 0.2) is 11.5 Å². The Hall–Kier alpha value is -1.87. The van der Waals surface area contributed by atoms with Crippen LogP contribution in [-0.4, -0.2) is 19.8 Å². The van der Waals surface area contributed by atoms with Crippen LogP contribution in [0.5, 0.6) is 11.5 Å². The number of hydrogen-bond acceptors (Lipinski definition) is 3. The third-order valence-electron chi connectivity index (χ3n) is 2.85. The van der Waals surface area contributed by atoms with Gasteiger partial charge in [0.2, 0.25) is 0 Å². The first kappa shape index (κ1) is 14.5. The zero-order valence-electron chi connectivity index (χ0n) is 11.6. The standard InChI is InChI=1S/C16H18ClNO2/c1-12(11-18-14-8-4-3-7-13(14)17)20-16-10-6-5-9-15(16)19-2/h3-10,12,18H,11H2,1-2H3. The molecule has 1 atom stereocenters. The molecule has 0 radical (unpaired) electrons. The van der Waals surface area contributed by atoms with Crippen molar-refractivity contribution in [3.05, 3.63) is 53.6 Å². The smallest absolute Gasteiger partial charge is 0.161 e. The Bertz CT molecular complexity index is 560. The molecule has 0 aliphatic heterocycles. The van der Waals surface area contributed by atoms with Crippen LogP contribution in [0.2, 0.25) is 5.02 Å². The van der Waals surface area contributed by atoms with Crippen LogP contribution in [-0.2, 0) is 0 Å². The number of ether oxygens (including phenoxy) is 2. The van der Waals surface area contributed by atoms with Crippen molar-refractivity contribution in [3.8, 4) is 11.5 Å². The fourth-order valence-electron chi connectivity index (χ4n) is 1.83. The van der Waals surface area contributed by atoms with E-state index in [9.17, 15) is 0 Å². The molecule has 106 valence electrons. The minimum Gasteiger partial charge on any atom is -0.493 e. The summed E-state index contributed by atoms with van der Waals surface area (Å²) in [5, 5.41) is 3.98. The summed E-state index contributed by atoms with van der Waals surface area (Å²) in [6.07, 6.45) is -0.0115. The number of anilines is 1. The summed E-state index contributed by atoms with van der Waals surface area (Å²) < 4.78 is 11.1. The monoisotopic (exact) mass is 291 g/mol. The minimum absolute atomic E-state index is 0.0115. The lowest BCUT2D eigenvalue weighted by molar-refractivity contribution is 0.223. The zero-order valence-corrected chi connectivity index (χ0v) is 12.4. The molecule has 0 aliphatic rings. The summed E-state index contributed by atoms with van der Waals surface area (Å²) in [4.78, 5) is 0. The Morgan fingerprint density at radius 3 is 2.40 bits per heavy atom. The van der Waals surface area contributed by atoms with E-state index in [4.69, 9.17) is 21.1 Å². The molecule has 20 heavy (non-hydrogen) atoms. The molecule has 3 nitrogen and oxygen atoms in total. The van der Waals surface area contributed by atoms with Gasteiger partial charge in [-0.1, -0.05) is 35.9 Å². The lowest BCUT2D eigenvalue weighted by Gasteiger charge is -2.18. The Morgan fingerprint density at radius 2 is 1.70 bits per heavy atom. The van der Waals surface area contributed by atoms with E-state index in [0.717, 1.165) is 17.2 Å². The predicted molar refractivity (Wildman–Crippen MR) is 83.0 cm³/mol. The van der Waals surface area contributed by atoms with Crippen LogP contribution in [0.4, 0.5) is 5.69 Å². The van der Waals surface area contributed by atoms with Crippen molar-refractivity contribution in [1.29, 1.82) is 0 Å². The van der Waals surface area contributed by atoms with E-state index in [1.165, 1.54) is 0 Å². The summed E-state index contributed by atoms with van der Waals surface area (Å²) >= 11 is 6.09. The Labute approximate surface area is 124 Å². The van der Waals surface area contributed by atoms with Gasteiger partial charge in [-0.25, -0.2) is 0 Å². The molecule has 0 fully saturated rings. The maximum absolute atomic E-state index is 6.09. The zero-order chi connectivity index (χ0) is 14.4. The van der Waals surface area contributed by atoms with Gasteiger partial charge in [0, 0.05) is 0 Å². The van der Waals surface area contributed by atoms with Crippen molar-refractivity contribution >= 4 is 17.3 Å². The second kappa shape index (κ2) is 7.06. The molecule has 4 heteroatoms. The molecule has 2 aromatic rings. The Balaban J connectivity index is 1.93. The van der Waals surface area contributed by atoms with Gasteiger partial charge in [0.1, 0.15) is 6.10 Å². The number of para-hydroxylation sites is 3. The lowest BCUT2D eigenvalue weighted by atomic mass is 10.3. The third-order valence-corrected chi connectivity index (χ3v) is 3.18. The van der Waals surface area contributed by atoms with Crippen LogP contribution in [0.3, 0.4) is 0 Å². The SMILES string of the molecule is COc1ccccc1OC(C)CNc1ccccc1Cl. The molecule has 0 aromatic heterocycles. The highest BCUT2D eigenvalue weighted by molar-refractivity contribution is 6.33. The van der Waals surface area contributed by atoms with Gasteiger partial charge in [0.25, 0.3) is 0 Å². The van der Waals surface area contributed by atoms with Gasteiger partial charge in [-0.3, -0.25) is 0 Å². The third kappa shape index (κ3) is 3.81. The second-order valence-electron chi connectivity index (χ2n) is 4.44. The van der Waals surface area contributed by atoms with E-state index in [-0.39, 0.29) is 6.10 Å². The number of benzene rings is 2. The molecule has 0 amide bonds. The fourth-order valence-corrected chi connectivity index (χ4v) is 2.04. The fraction of sp³-hybridized carbons (Fsp3) is 0.250. The molecule has 0 saturated heterocycles. The van der Waals surface area contributed by atoms with Gasteiger partial charge >= 0.3 is 0 Å². The molecular weight excluding hydrogens is 274 g/mol. The molecule has 1 unspecified atom stereocenters. The quantitative estimate of drug-likeness (QED) is 0.864. The molecule has 1 N–H and O–H groups in total. The normalized spacial score (nSPS) is 11.8. The first-order valence-corrected chi connectivity index (χ1v) is 6.86. The van der Waals surface area contributed by atoms with Crippen molar-refractivity contribution in [1.82, 2.24) is 0 Å². The van der Waals surface area contributed by atoms with E-state index in [2.05, 4.69) is 5.32 Å². The van der Waals surface area contributed by atoms with Gasteiger partial charge in [-0.2, -0.15) is 0 Å². The van der Waals surface area contributed by atoms with Crippen LogP contribution in [0.1, 0.15) is 6.92 Å². The van der Waals surface area contributed by atoms with Crippen molar-refractivity contribution in [3.63, 3.8) is 0 Å². The van der Waals surface area contributed by atoms with Crippen LogP contribution in [0.25, 0.3) is 0 Å². The van der Waals surface area contributed by atoms with Gasteiger partial charge in [-0.15, -0.1) is 0 Å². The minimum atomic E-state index is -0.0115. The summed E-state index contributed by atoms with van der Waals surface area (Å²) in [6, 6.07) is 15.3. The van der Waals surface area contributed by atoms with E-state index < -0.39 is 0 Å². The maximum Gasteiger partial charge on any atom is 0.161 e. The molecule has 0 bridgehead atoms.